The van der Waals surface area contributed by atoms with Gasteiger partial charge in [0.05, 0.1) is 0 Å². The molecule has 0 saturated heterocycles. The second-order valence-electron chi connectivity index (χ2n) is 6.73. The third-order valence-corrected chi connectivity index (χ3v) is 5.56. The number of carbonyl (C=O) groups excluding carboxylic acids is 1. The lowest BCUT2D eigenvalue weighted by atomic mass is 10.1. The molecule has 1 aliphatic carbocycles. The van der Waals surface area contributed by atoms with Crippen LogP contribution in [-0.4, -0.2) is 33.5 Å². The van der Waals surface area contributed by atoms with Gasteiger partial charge in [-0.15, -0.1) is 10.2 Å². The van der Waals surface area contributed by atoms with Gasteiger partial charge in [0.2, 0.25) is 0 Å². The van der Waals surface area contributed by atoms with Gasteiger partial charge in [-0.3, -0.25) is 4.79 Å². The topological polar surface area (TPSA) is 59.8 Å². The molecule has 1 N–H and O–H groups in total. The summed E-state index contributed by atoms with van der Waals surface area (Å²) in [4.78, 5) is 12.2. The SMILES string of the molecule is CSc1nnc(CCCNC(=O)c2cc(F)ccc2C)n1C1CCCC1. The van der Waals surface area contributed by atoms with E-state index in [-0.39, 0.29) is 5.91 Å². The van der Waals surface area contributed by atoms with Crippen molar-refractivity contribution in [2.45, 2.75) is 56.6 Å². The van der Waals surface area contributed by atoms with Gasteiger partial charge in [-0.2, -0.15) is 0 Å². The molecule has 1 heterocycles. The van der Waals surface area contributed by atoms with Crippen LogP contribution in [-0.2, 0) is 6.42 Å². The van der Waals surface area contributed by atoms with E-state index in [2.05, 4.69) is 20.1 Å². The van der Waals surface area contributed by atoms with Crippen molar-refractivity contribution in [1.29, 1.82) is 0 Å². The number of thioether (sulfide) groups is 1. The fourth-order valence-corrected chi connectivity index (χ4v) is 4.10. The van der Waals surface area contributed by atoms with Gasteiger partial charge in [-0.1, -0.05) is 30.7 Å². The molecule has 1 aromatic heterocycles. The highest BCUT2D eigenvalue weighted by Gasteiger charge is 2.23. The molecule has 0 unspecified atom stereocenters. The molecule has 0 radical (unpaired) electrons. The Labute approximate surface area is 157 Å². The first-order valence-corrected chi connectivity index (χ1v) is 10.3. The summed E-state index contributed by atoms with van der Waals surface area (Å²) in [7, 11) is 0. The Balaban J connectivity index is 1.56. The molecule has 7 heteroatoms. The van der Waals surface area contributed by atoms with Crippen LogP contribution in [0.3, 0.4) is 0 Å². The molecule has 2 aromatic rings. The number of amides is 1. The minimum absolute atomic E-state index is 0.232. The lowest BCUT2D eigenvalue weighted by Crippen LogP contribution is -2.26. The van der Waals surface area contributed by atoms with E-state index in [1.165, 1.54) is 37.8 Å². The number of benzene rings is 1. The number of hydrogen-bond donors (Lipinski definition) is 1. The molecule has 3 rings (SSSR count). The Bertz CT molecular complexity index is 771. The standard InChI is InChI=1S/C19H25FN4OS/c1-13-9-10-14(20)12-16(13)18(25)21-11-5-8-17-22-23-19(26-2)24(17)15-6-3-4-7-15/h9-10,12,15H,3-8,11H2,1-2H3,(H,21,25). The Hall–Kier alpha value is -1.89. The predicted octanol–water partition coefficient (Wildman–Crippen LogP) is 3.93. The van der Waals surface area contributed by atoms with E-state index in [4.69, 9.17) is 0 Å². The normalized spacial score (nSPS) is 14.7. The highest BCUT2D eigenvalue weighted by Crippen LogP contribution is 2.33. The lowest BCUT2D eigenvalue weighted by molar-refractivity contribution is 0.0952. The van der Waals surface area contributed by atoms with E-state index in [0.717, 1.165) is 29.4 Å². The Morgan fingerprint density at radius 3 is 2.85 bits per heavy atom. The van der Waals surface area contributed by atoms with E-state index in [1.807, 2.05) is 13.2 Å². The summed E-state index contributed by atoms with van der Waals surface area (Å²) in [5.41, 5.74) is 1.17. The molecule has 26 heavy (non-hydrogen) atoms. The molecular weight excluding hydrogens is 351 g/mol. The van der Waals surface area contributed by atoms with Crippen molar-refractivity contribution in [2.24, 2.45) is 0 Å². The Morgan fingerprint density at radius 1 is 1.35 bits per heavy atom. The van der Waals surface area contributed by atoms with Crippen molar-refractivity contribution in [3.05, 3.63) is 41.0 Å². The number of aryl methyl sites for hydroxylation is 2. The molecule has 140 valence electrons. The van der Waals surface area contributed by atoms with Gasteiger partial charge in [0.15, 0.2) is 5.16 Å². The van der Waals surface area contributed by atoms with Gasteiger partial charge >= 0.3 is 0 Å². The zero-order valence-corrected chi connectivity index (χ0v) is 16.1. The molecule has 1 amide bonds. The van der Waals surface area contributed by atoms with Gasteiger partial charge < -0.3 is 9.88 Å². The molecule has 0 spiro atoms. The van der Waals surface area contributed by atoms with Crippen LogP contribution in [0, 0.1) is 12.7 Å². The largest absolute Gasteiger partial charge is 0.352 e. The number of hydrogen-bond acceptors (Lipinski definition) is 4. The number of carbonyl (C=O) groups is 1. The molecule has 5 nitrogen and oxygen atoms in total. The summed E-state index contributed by atoms with van der Waals surface area (Å²) >= 11 is 1.63. The molecule has 0 aliphatic heterocycles. The predicted molar refractivity (Wildman–Crippen MR) is 101 cm³/mol. The van der Waals surface area contributed by atoms with Crippen LogP contribution >= 0.6 is 11.8 Å². The van der Waals surface area contributed by atoms with Crippen molar-refractivity contribution in [3.8, 4) is 0 Å². The molecule has 1 saturated carbocycles. The second kappa shape index (κ2) is 8.66. The summed E-state index contributed by atoms with van der Waals surface area (Å²) in [5.74, 6) is 0.372. The summed E-state index contributed by atoms with van der Waals surface area (Å²) < 4.78 is 15.6. The van der Waals surface area contributed by atoms with E-state index < -0.39 is 5.82 Å². The number of aromatic nitrogens is 3. The van der Waals surface area contributed by atoms with Gasteiger partial charge in [0.1, 0.15) is 11.6 Å². The highest BCUT2D eigenvalue weighted by molar-refractivity contribution is 7.98. The number of halogens is 1. The van der Waals surface area contributed by atoms with Gasteiger partial charge in [-0.25, -0.2) is 4.39 Å². The zero-order chi connectivity index (χ0) is 18.5. The number of nitrogens with one attached hydrogen (secondary N) is 1. The first-order chi connectivity index (χ1) is 12.6. The summed E-state index contributed by atoms with van der Waals surface area (Å²) in [6.07, 6.45) is 8.48. The fraction of sp³-hybridized carbons (Fsp3) is 0.526. The lowest BCUT2D eigenvalue weighted by Gasteiger charge is -2.16. The van der Waals surface area contributed by atoms with E-state index in [0.29, 0.717) is 18.2 Å². The van der Waals surface area contributed by atoms with E-state index in [9.17, 15) is 9.18 Å². The van der Waals surface area contributed by atoms with Crippen LogP contribution in [0.15, 0.2) is 23.4 Å². The van der Waals surface area contributed by atoms with Crippen molar-refractivity contribution in [3.63, 3.8) is 0 Å². The van der Waals surface area contributed by atoms with Crippen LogP contribution < -0.4 is 5.32 Å². The smallest absolute Gasteiger partial charge is 0.251 e. The quantitative estimate of drug-likeness (QED) is 0.588. The maximum atomic E-state index is 13.3. The van der Waals surface area contributed by atoms with Gasteiger partial charge in [0, 0.05) is 24.6 Å². The first kappa shape index (κ1) is 18.9. The monoisotopic (exact) mass is 376 g/mol. The van der Waals surface area contributed by atoms with Crippen molar-refractivity contribution in [2.75, 3.05) is 12.8 Å². The highest BCUT2D eigenvalue weighted by atomic mass is 32.2. The average molecular weight is 377 g/mol. The number of nitrogens with zero attached hydrogens (tertiary/aromatic N) is 3. The Morgan fingerprint density at radius 2 is 2.12 bits per heavy atom. The Kier molecular flexibility index (Phi) is 6.29. The maximum absolute atomic E-state index is 13.3. The van der Waals surface area contributed by atoms with Crippen LogP contribution in [0.25, 0.3) is 0 Å². The van der Waals surface area contributed by atoms with Gasteiger partial charge in [0.25, 0.3) is 5.91 Å². The third kappa shape index (κ3) is 4.26. The zero-order valence-electron chi connectivity index (χ0n) is 15.3. The van der Waals surface area contributed by atoms with E-state index in [1.54, 1.807) is 17.8 Å². The third-order valence-electron chi connectivity index (χ3n) is 4.91. The second-order valence-corrected chi connectivity index (χ2v) is 7.50. The van der Waals surface area contributed by atoms with Crippen molar-refractivity contribution in [1.82, 2.24) is 20.1 Å². The average Bonchev–Trinajstić information content (AvgIpc) is 3.29. The molecule has 0 bridgehead atoms. The van der Waals surface area contributed by atoms with Crippen LogP contribution in [0.4, 0.5) is 4.39 Å². The summed E-state index contributed by atoms with van der Waals surface area (Å²) in [5, 5.41) is 12.5. The molecular formula is C19H25FN4OS. The van der Waals surface area contributed by atoms with Crippen LogP contribution in [0.5, 0.6) is 0 Å². The number of rotatable bonds is 7. The molecule has 1 aromatic carbocycles. The molecule has 1 aliphatic rings. The maximum Gasteiger partial charge on any atom is 0.251 e. The van der Waals surface area contributed by atoms with Crippen molar-refractivity contribution < 1.29 is 9.18 Å². The molecule has 0 atom stereocenters. The minimum atomic E-state index is -0.394. The molecule has 1 fully saturated rings. The van der Waals surface area contributed by atoms with Crippen LogP contribution in [0.1, 0.15) is 59.9 Å². The first-order valence-electron chi connectivity index (χ1n) is 9.12. The van der Waals surface area contributed by atoms with Crippen LogP contribution in [0.2, 0.25) is 0 Å². The summed E-state index contributed by atoms with van der Waals surface area (Å²) in [6.45, 7) is 2.34. The minimum Gasteiger partial charge on any atom is -0.352 e. The summed E-state index contributed by atoms with van der Waals surface area (Å²) in [6, 6.07) is 4.78. The van der Waals surface area contributed by atoms with Crippen molar-refractivity contribution >= 4 is 17.7 Å². The fourth-order valence-electron chi connectivity index (χ4n) is 3.53. The van der Waals surface area contributed by atoms with E-state index >= 15 is 0 Å². The van der Waals surface area contributed by atoms with Gasteiger partial charge in [-0.05, 0) is 50.1 Å².